The highest BCUT2D eigenvalue weighted by atomic mass is 32.1. The number of ether oxygens (including phenoxy) is 2. The Kier molecular flexibility index (Phi) is 9.19. The maximum atomic E-state index is 12.6. The molecular weight excluding hydrogens is 444 g/mol. The number of nitrogens with one attached hydrogen (secondary N) is 2. The normalized spacial score (nSPS) is 11.6. The van der Waals surface area contributed by atoms with E-state index in [1.165, 1.54) is 19.9 Å². The molecule has 2 rings (SSSR count). The molecule has 0 saturated carbocycles. The van der Waals surface area contributed by atoms with E-state index in [1.54, 1.807) is 18.2 Å². The van der Waals surface area contributed by atoms with Crippen molar-refractivity contribution in [3.63, 3.8) is 0 Å². The molecule has 3 N–H and O–H groups in total. The fourth-order valence-electron chi connectivity index (χ4n) is 2.40. The molecule has 0 spiro atoms. The Morgan fingerprint density at radius 3 is 2.59 bits per heavy atom. The highest BCUT2D eigenvalue weighted by Crippen LogP contribution is 2.30. The zero-order valence-corrected chi connectivity index (χ0v) is 18.1. The van der Waals surface area contributed by atoms with Crippen LogP contribution in [0.5, 0.6) is 0 Å². The third-order valence-electron chi connectivity index (χ3n) is 4.02. The summed E-state index contributed by atoms with van der Waals surface area (Å²) in [5.41, 5.74) is 0.615. The Hall–Kier alpha value is -3.42. The van der Waals surface area contributed by atoms with Gasteiger partial charge in [-0.2, -0.15) is 0 Å². The number of hydrogen-bond acceptors (Lipinski definition) is 9. The molecule has 0 radical (unpaired) electrons. The van der Waals surface area contributed by atoms with E-state index in [0.29, 0.717) is 0 Å². The van der Waals surface area contributed by atoms with Crippen LogP contribution in [0.15, 0.2) is 24.3 Å². The standard InChI is InChI=1S/C19H22N4O8S/c1-11-17(23(28)29)32-19(20-11)22-16(25)13-5-3-4-6-14(13)21-15(24)7-8-30-9-10-31-12(2)18(26)27/h3-6,12H,7-10H2,1-2H3,(H,21,24)(H,26,27)(H,20,22,25). The van der Waals surface area contributed by atoms with Crippen molar-refractivity contribution < 1.29 is 33.9 Å². The van der Waals surface area contributed by atoms with Crippen molar-refractivity contribution in [3.8, 4) is 0 Å². The topological polar surface area (TPSA) is 170 Å². The lowest BCUT2D eigenvalue weighted by molar-refractivity contribution is -0.380. The summed E-state index contributed by atoms with van der Waals surface area (Å²) in [5, 5.41) is 24.7. The number of para-hydroxylation sites is 1. The van der Waals surface area contributed by atoms with Gasteiger partial charge in [0.1, 0.15) is 5.69 Å². The molecule has 0 saturated heterocycles. The van der Waals surface area contributed by atoms with E-state index in [-0.39, 0.29) is 53.3 Å². The van der Waals surface area contributed by atoms with Crippen LogP contribution in [0.4, 0.5) is 15.8 Å². The lowest BCUT2D eigenvalue weighted by Gasteiger charge is -2.11. The number of benzene rings is 1. The van der Waals surface area contributed by atoms with E-state index >= 15 is 0 Å². The van der Waals surface area contributed by atoms with Crippen LogP contribution in [0.3, 0.4) is 0 Å². The van der Waals surface area contributed by atoms with Crippen LogP contribution < -0.4 is 10.6 Å². The van der Waals surface area contributed by atoms with Gasteiger partial charge in [-0.3, -0.25) is 25.0 Å². The van der Waals surface area contributed by atoms with Gasteiger partial charge < -0.3 is 19.9 Å². The number of carboxylic acid groups (broad SMARTS) is 1. The number of amides is 2. The van der Waals surface area contributed by atoms with Gasteiger partial charge in [0.05, 0.1) is 42.4 Å². The van der Waals surface area contributed by atoms with E-state index in [4.69, 9.17) is 14.6 Å². The van der Waals surface area contributed by atoms with Crippen molar-refractivity contribution >= 4 is 44.9 Å². The number of nitrogens with zero attached hydrogens (tertiary/aromatic N) is 2. The fraction of sp³-hybridized carbons (Fsp3) is 0.368. The summed E-state index contributed by atoms with van der Waals surface area (Å²) in [4.78, 5) is 49.7. The molecule has 2 aromatic rings. The molecule has 172 valence electrons. The second kappa shape index (κ2) is 11.8. The van der Waals surface area contributed by atoms with Gasteiger partial charge in [0.25, 0.3) is 5.91 Å². The molecule has 0 fully saturated rings. The molecule has 0 aliphatic rings. The minimum atomic E-state index is -1.07. The summed E-state index contributed by atoms with van der Waals surface area (Å²) in [6, 6.07) is 6.30. The summed E-state index contributed by atoms with van der Waals surface area (Å²) in [6.07, 6.45) is -0.938. The van der Waals surface area contributed by atoms with E-state index < -0.39 is 28.8 Å². The largest absolute Gasteiger partial charge is 0.479 e. The smallest absolute Gasteiger partial charge is 0.348 e. The van der Waals surface area contributed by atoms with Gasteiger partial charge in [-0.25, -0.2) is 9.78 Å². The molecule has 1 atom stereocenters. The number of aryl methyl sites for hydroxylation is 1. The second-order valence-electron chi connectivity index (χ2n) is 6.43. The van der Waals surface area contributed by atoms with E-state index in [2.05, 4.69) is 15.6 Å². The number of aromatic nitrogens is 1. The Morgan fingerprint density at radius 2 is 1.94 bits per heavy atom. The molecule has 1 unspecified atom stereocenters. The van der Waals surface area contributed by atoms with Crippen LogP contribution in [0.25, 0.3) is 0 Å². The van der Waals surface area contributed by atoms with Crippen LogP contribution in [0.2, 0.25) is 0 Å². The average molecular weight is 466 g/mol. The lowest BCUT2D eigenvalue weighted by Crippen LogP contribution is -2.22. The molecule has 13 heteroatoms. The van der Waals surface area contributed by atoms with Crippen LogP contribution >= 0.6 is 11.3 Å². The van der Waals surface area contributed by atoms with Gasteiger partial charge >= 0.3 is 11.0 Å². The van der Waals surface area contributed by atoms with Crippen molar-refractivity contribution in [3.05, 3.63) is 45.6 Å². The highest BCUT2D eigenvalue weighted by Gasteiger charge is 2.20. The zero-order valence-electron chi connectivity index (χ0n) is 17.3. The number of aliphatic carboxylic acids is 1. The SMILES string of the molecule is Cc1nc(NC(=O)c2ccccc2NC(=O)CCOCCOC(C)C(=O)O)sc1[N+](=O)[O-]. The van der Waals surface area contributed by atoms with Gasteiger partial charge in [0.15, 0.2) is 11.2 Å². The van der Waals surface area contributed by atoms with E-state index in [9.17, 15) is 24.5 Å². The Bertz CT molecular complexity index is 993. The molecule has 1 heterocycles. The van der Waals surface area contributed by atoms with Crippen LogP contribution in [0, 0.1) is 17.0 Å². The Balaban J connectivity index is 1.86. The molecule has 1 aromatic heterocycles. The molecule has 0 aliphatic carbocycles. The summed E-state index contributed by atoms with van der Waals surface area (Å²) in [5.74, 6) is -2.05. The summed E-state index contributed by atoms with van der Waals surface area (Å²) in [7, 11) is 0. The molecular formula is C19H22N4O8S. The predicted molar refractivity (Wildman–Crippen MR) is 115 cm³/mol. The van der Waals surface area contributed by atoms with E-state index in [0.717, 1.165) is 11.3 Å². The maximum Gasteiger partial charge on any atom is 0.348 e. The van der Waals surface area contributed by atoms with Gasteiger partial charge in [0, 0.05) is 0 Å². The predicted octanol–water partition coefficient (Wildman–Crippen LogP) is 2.45. The maximum absolute atomic E-state index is 12.6. The third-order valence-corrected chi connectivity index (χ3v) is 5.05. The monoisotopic (exact) mass is 466 g/mol. The minimum Gasteiger partial charge on any atom is -0.479 e. The average Bonchev–Trinajstić information content (AvgIpc) is 3.10. The van der Waals surface area contributed by atoms with Crippen molar-refractivity contribution in [1.82, 2.24) is 4.98 Å². The van der Waals surface area contributed by atoms with Crippen LogP contribution in [-0.4, -0.2) is 58.7 Å². The third kappa shape index (κ3) is 7.37. The number of carbonyl (C=O) groups excluding carboxylic acids is 2. The fourth-order valence-corrected chi connectivity index (χ4v) is 3.18. The molecule has 0 aliphatic heterocycles. The minimum absolute atomic E-state index is 0.00229. The quantitative estimate of drug-likeness (QED) is 0.241. The van der Waals surface area contributed by atoms with Gasteiger partial charge in [-0.15, -0.1) is 0 Å². The number of anilines is 2. The van der Waals surface area contributed by atoms with Gasteiger partial charge in [-0.1, -0.05) is 12.1 Å². The summed E-state index contributed by atoms with van der Waals surface area (Å²) >= 11 is 0.742. The second-order valence-corrected chi connectivity index (χ2v) is 7.41. The number of carboxylic acids is 1. The molecule has 1 aromatic carbocycles. The Morgan fingerprint density at radius 1 is 1.22 bits per heavy atom. The molecule has 32 heavy (non-hydrogen) atoms. The van der Waals surface area contributed by atoms with Gasteiger partial charge in [0.2, 0.25) is 5.91 Å². The lowest BCUT2D eigenvalue weighted by atomic mass is 10.1. The zero-order chi connectivity index (χ0) is 23.7. The van der Waals surface area contributed by atoms with Crippen LogP contribution in [-0.2, 0) is 19.1 Å². The van der Waals surface area contributed by atoms with E-state index in [1.807, 2.05) is 0 Å². The first-order chi connectivity index (χ1) is 15.2. The van der Waals surface area contributed by atoms with Gasteiger partial charge in [-0.05, 0) is 37.3 Å². The first-order valence-electron chi connectivity index (χ1n) is 9.43. The highest BCUT2D eigenvalue weighted by molar-refractivity contribution is 7.19. The molecule has 12 nitrogen and oxygen atoms in total. The van der Waals surface area contributed by atoms with Crippen molar-refractivity contribution in [2.45, 2.75) is 26.4 Å². The first kappa shape index (κ1) is 24.8. The number of hydrogen-bond donors (Lipinski definition) is 3. The summed E-state index contributed by atoms with van der Waals surface area (Å²) in [6.45, 7) is 3.16. The van der Waals surface area contributed by atoms with Crippen LogP contribution in [0.1, 0.15) is 29.4 Å². The molecule has 2 amide bonds. The first-order valence-corrected chi connectivity index (χ1v) is 10.2. The molecule has 0 bridgehead atoms. The summed E-state index contributed by atoms with van der Waals surface area (Å²) < 4.78 is 10.2. The van der Waals surface area contributed by atoms with Crippen molar-refractivity contribution in [1.29, 1.82) is 0 Å². The number of thiazole rings is 1. The Labute approximate surface area is 186 Å². The van der Waals surface area contributed by atoms with Crippen molar-refractivity contribution in [2.75, 3.05) is 30.5 Å². The number of rotatable bonds is 12. The number of nitro groups is 1. The van der Waals surface area contributed by atoms with Crippen molar-refractivity contribution in [2.24, 2.45) is 0 Å². The number of carbonyl (C=O) groups is 3.